The Labute approximate surface area is 635 Å². The highest BCUT2D eigenvalue weighted by Gasteiger charge is 2.41. The van der Waals surface area contributed by atoms with Gasteiger partial charge in [0.1, 0.15) is 60.4 Å². The van der Waals surface area contributed by atoms with Crippen molar-refractivity contribution in [1.82, 2.24) is 88.3 Å². The number of benzene rings is 2. The Hall–Kier alpha value is -10.8. The lowest BCUT2D eigenvalue weighted by Crippen LogP contribution is -2.59. The summed E-state index contributed by atoms with van der Waals surface area (Å²) in [4.78, 5) is 211. The summed E-state index contributed by atoms with van der Waals surface area (Å²) in [6.45, 7) is 6.18. The molecule has 2 aromatic carbocycles. The Morgan fingerprint density at radius 1 is 0.532 bits per heavy atom. The van der Waals surface area contributed by atoms with Crippen LogP contribution in [0.4, 0.5) is 0 Å². The van der Waals surface area contributed by atoms with Crippen LogP contribution in [-0.2, 0) is 92.8 Å². The minimum atomic E-state index is -1.81. The van der Waals surface area contributed by atoms with E-state index in [9.17, 15) is 77.3 Å². The van der Waals surface area contributed by atoms with Crippen molar-refractivity contribution in [1.29, 1.82) is 0 Å². The number of unbranched alkanes of at least 4 members (excludes halogenated alkanes) is 2. The second-order valence-corrected chi connectivity index (χ2v) is 28.0. The van der Waals surface area contributed by atoms with E-state index in [0.29, 0.717) is 59.1 Å². The van der Waals surface area contributed by atoms with Crippen LogP contribution in [0.5, 0.6) is 0 Å². The van der Waals surface area contributed by atoms with E-state index in [1.165, 1.54) is 25.0 Å². The number of carboxylic acid groups (broad SMARTS) is 2. The molecule has 36 nitrogen and oxygen atoms in total. The number of amides is 12. The fourth-order valence-corrected chi connectivity index (χ4v) is 12.6. The second kappa shape index (κ2) is 44.5. The van der Waals surface area contributed by atoms with Crippen molar-refractivity contribution >= 4 is 106 Å². The van der Waals surface area contributed by atoms with E-state index >= 15 is 0 Å². The van der Waals surface area contributed by atoms with Gasteiger partial charge in [-0.3, -0.25) is 62.3 Å². The van der Waals surface area contributed by atoms with Crippen molar-refractivity contribution in [3.8, 4) is 0 Å². The van der Waals surface area contributed by atoms with Crippen LogP contribution in [0.1, 0.15) is 121 Å². The molecule has 4 heterocycles. The average Bonchev–Trinajstić information content (AvgIpc) is 1.72. The summed E-state index contributed by atoms with van der Waals surface area (Å²) in [6.07, 6.45) is 7.84. The summed E-state index contributed by atoms with van der Waals surface area (Å²) in [6, 6.07) is 0.772. The number of rotatable bonds is 47. The van der Waals surface area contributed by atoms with E-state index in [1.54, 1.807) is 68.6 Å². The molecule has 0 spiro atoms. The lowest BCUT2D eigenvalue weighted by molar-refractivity contribution is -0.144. The van der Waals surface area contributed by atoms with Crippen LogP contribution in [0.3, 0.4) is 0 Å². The number of aliphatic carboxylic acids is 2. The van der Waals surface area contributed by atoms with Gasteiger partial charge in [0, 0.05) is 78.9 Å². The Balaban J connectivity index is 1.13. The predicted molar refractivity (Wildman–Crippen MR) is 401 cm³/mol. The van der Waals surface area contributed by atoms with Crippen LogP contribution >= 0.6 is 12.6 Å². The zero-order valence-electron chi connectivity index (χ0n) is 61.6. The number of imidazole rings is 2. The van der Waals surface area contributed by atoms with Gasteiger partial charge in [-0.2, -0.15) is 12.6 Å². The number of hydrogen-bond donors (Lipinski definition) is 20. The molecule has 0 bridgehead atoms. The van der Waals surface area contributed by atoms with E-state index in [1.807, 2.05) is 19.9 Å². The number of nitrogens with two attached hydrogens (primary N) is 3. The van der Waals surface area contributed by atoms with Crippen molar-refractivity contribution < 1.29 is 77.3 Å². The van der Waals surface area contributed by atoms with Gasteiger partial charge in [-0.1, -0.05) is 76.2 Å². The van der Waals surface area contributed by atoms with E-state index in [4.69, 9.17) is 17.2 Å². The van der Waals surface area contributed by atoms with E-state index in [-0.39, 0.29) is 101 Å². The van der Waals surface area contributed by atoms with Crippen molar-refractivity contribution in [3.63, 3.8) is 0 Å². The maximum Gasteiger partial charge on any atom is 0.326 e. The Morgan fingerprint density at radius 2 is 1.03 bits per heavy atom. The average molecular weight is 1540 g/mol. The number of aromatic nitrogens is 5. The molecule has 3 aromatic heterocycles. The highest BCUT2D eigenvalue weighted by molar-refractivity contribution is 7.80. The van der Waals surface area contributed by atoms with Gasteiger partial charge in [0.05, 0.1) is 38.2 Å². The second-order valence-electron chi connectivity index (χ2n) is 27.7. The molecule has 594 valence electrons. The van der Waals surface area contributed by atoms with Gasteiger partial charge in [-0.05, 0) is 106 Å². The summed E-state index contributed by atoms with van der Waals surface area (Å²) in [7, 11) is 0. The summed E-state index contributed by atoms with van der Waals surface area (Å²) < 4.78 is 0. The minimum absolute atomic E-state index is 0.00785. The molecule has 1 aliphatic rings. The molecular weight excluding hydrogens is 1430 g/mol. The molecule has 0 aliphatic carbocycles. The highest BCUT2D eigenvalue weighted by atomic mass is 32.1. The first-order valence-corrected chi connectivity index (χ1v) is 37.0. The Morgan fingerprint density at radius 3 is 1.57 bits per heavy atom. The summed E-state index contributed by atoms with van der Waals surface area (Å²) in [5, 5.41) is 49.1. The highest BCUT2D eigenvalue weighted by Crippen LogP contribution is 2.23. The summed E-state index contributed by atoms with van der Waals surface area (Å²) in [5.41, 5.74) is 20.5. The molecule has 6 rings (SSSR count). The Bertz CT molecular complexity index is 3860. The van der Waals surface area contributed by atoms with Crippen molar-refractivity contribution in [3.05, 3.63) is 108 Å². The number of carboxylic acids is 2. The van der Waals surface area contributed by atoms with Crippen LogP contribution in [0.15, 0.2) is 85.8 Å². The van der Waals surface area contributed by atoms with E-state index < -0.39 is 169 Å². The van der Waals surface area contributed by atoms with Crippen LogP contribution < -0.4 is 75.7 Å². The number of fused-ring (bicyclic) bond motifs is 1. The third-order valence-corrected chi connectivity index (χ3v) is 18.3. The molecule has 1 fully saturated rings. The van der Waals surface area contributed by atoms with Crippen molar-refractivity contribution in [2.45, 2.75) is 190 Å². The zero-order valence-corrected chi connectivity index (χ0v) is 62.5. The largest absolute Gasteiger partial charge is 0.481 e. The lowest BCUT2D eigenvalue weighted by atomic mass is 10.00. The molecule has 37 heteroatoms. The Kier molecular flexibility index (Phi) is 35.6. The smallest absolute Gasteiger partial charge is 0.326 e. The number of thiol groups is 1. The van der Waals surface area contributed by atoms with Gasteiger partial charge in [0.2, 0.25) is 70.9 Å². The molecule has 22 N–H and O–H groups in total. The number of aromatic amines is 3. The van der Waals surface area contributed by atoms with Gasteiger partial charge < -0.3 is 106 Å². The maximum absolute atomic E-state index is 14.8. The normalized spacial score (nSPS) is 15.4. The van der Waals surface area contributed by atoms with Crippen LogP contribution in [-0.4, -0.2) is 228 Å². The van der Waals surface area contributed by atoms with Gasteiger partial charge in [0.15, 0.2) is 0 Å². The fraction of sp³-hybridized carbons (Fsp3) is 0.528. The summed E-state index contributed by atoms with van der Waals surface area (Å²) >= 11 is 4.24. The number of H-pyrrole nitrogens is 3. The maximum atomic E-state index is 14.8. The van der Waals surface area contributed by atoms with Gasteiger partial charge in [-0.25, -0.2) is 14.8 Å². The van der Waals surface area contributed by atoms with Crippen molar-refractivity contribution in [2.75, 3.05) is 38.5 Å². The molecule has 1 aliphatic heterocycles. The number of nitrogens with zero attached hydrogens (tertiary/aromatic N) is 3. The minimum Gasteiger partial charge on any atom is -0.481 e. The first-order chi connectivity index (χ1) is 52.1. The van der Waals surface area contributed by atoms with Crippen molar-refractivity contribution in [2.24, 2.45) is 29.0 Å². The monoisotopic (exact) mass is 1540 g/mol. The standard InChI is InChI=1S/C72H104N20O16S/c1-40(2)25-51(63(98)80-36-60(94)84-55(30-45-34-77-39-82-45)71(106)92-24-14-21-58(92)70(105)89-54(31-61(95)96)68(103)85-50(20-11-13-23-74)66(101)90-56(72(107)108)27-42-15-6-5-7-16-42)86-67(102)53(28-43-32-78-48-18-9-8-17-46(43)48)88-65(100)49(19-10-12-22-73)83-59(93)35-79-64(99)52(26-41(3)4)87-69(104)57(37-109)91-62(97)47(75)29-44-33-76-38-81-44/h5-9,15-18,32-34,38-41,47,49-58,78,109H,10-14,19-31,35-37,73-75H2,1-4H3,(H,76,81)(H,77,82)(H,79,99)(H,80,98)(H,83,93)(H,84,94)(H,85,103)(H,86,102)(H,87,104)(H,88,100)(H,89,105)(H,90,101)(H,91,97)(H,95,96)(H,107,108). The number of carbonyl (C=O) groups is 14. The summed E-state index contributed by atoms with van der Waals surface area (Å²) in [5.74, 6) is -13.5. The molecule has 0 saturated carbocycles. The fourth-order valence-electron chi connectivity index (χ4n) is 12.3. The third kappa shape index (κ3) is 28.7. The van der Waals surface area contributed by atoms with Gasteiger partial charge >= 0.3 is 11.9 Å². The molecule has 1 saturated heterocycles. The van der Waals surface area contributed by atoms with Crippen LogP contribution in [0.25, 0.3) is 10.9 Å². The quantitative estimate of drug-likeness (QED) is 0.0143. The van der Waals surface area contributed by atoms with E-state index in [0.717, 1.165) is 4.90 Å². The van der Waals surface area contributed by atoms with Gasteiger partial charge in [-0.15, -0.1) is 0 Å². The molecule has 109 heavy (non-hydrogen) atoms. The van der Waals surface area contributed by atoms with E-state index in [2.05, 4.69) is 96.0 Å². The topological polar surface area (TPSA) is 566 Å². The number of likely N-dealkylation sites (tertiary alicyclic amines) is 1. The molecule has 0 radical (unpaired) electrons. The predicted octanol–water partition coefficient (Wildman–Crippen LogP) is -2.36. The lowest BCUT2D eigenvalue weighted by Gasteiger charge is -2.30. The number of nitrogens with one attached hydrogen (secondary N) is 14. The molecule has 5 aromatic rings. The first-order valence-electron chi connectivity index (χ1n) is 36.4. The van der Waals surface area contributed by atoms with Crippen LogP contribution in [0, 0.1) is 11.8 Å². The molecule has 11 atom stereocenters. The number of hydrogen-bond acceptors (Lipinski definition) is 20. The van der Waals surface area contributed by atoms with Crippen LogP contribution in [0.2, 0.25) is 0 Å². The molecule has 11 unspecified atom stereocenters. The zero-order chi connectivity index (χ0) is 79.7. The van der Waals surface area contributed by atoms with Gasteiger partial charge in [0.25, 0.3) is 0 Å². The number of para-hydroxylation sites is 1. The molecule has 12 amide bonds. The molecular formula is C72H104N20O16S. The SMILES string of the molecule is CC(C)CC(NC(=O)C(CS)NC(=O)C(N)Cc1cnc[nH]1)C(=O)NCC(=O)NC(CCCCN)C(=O)NC(Cc1c[nH]c2ccccc12)C(=O)NC(CC(C)C)C(=O)NCC(=O)NC(Cc1cnc[nH]1)C(=O)N1CCCC1C(=O)NC(CC(=O)O)C(=O)NC(CCCCN)C(=O)NC(Cc1ccccc1)C(=O)O. The number of carbonyl (C=O) groups excluding carboxylic acids is 12. The first kappa shape index (κ1) is 87.1. The third-order valence-electron chi connectivity index (χ3n) is 17.9.